The van der Waals surface area contributed by atoms with Gasteiger partial charge in [0, 0.05) is 61.5 Å². The first-order valence-corrected chi connectivity index (χ1v) is 11.6. The highest BCUT2D eigenvalue weighted by atomic mass is 16.5. The molecule has 4 aromatic rings. The molecular weight excluding hydrogens is 444 g/mol. The van der Waals surface area contributed by atoms with Gasteiger partial charge in [-0.2, -0.15) is 5.10 Å². The first-order valence-electron chi connectivity index (χ1n) is 11.6. The number of hydrogen-bond donors (Lipinski definition) is 0. The number of aryl methyl sites for hydroxylation is 1. The molecule has 1 amide bonds. The number of carbonyl (C=O) groups is 1. The number of amides is 1. The number of carbonyl (C=O) groups excluding carboxylic acids is 1. The van der Waals surface area contributed by atoms with Crippen LogP contribution in [0.25, 0.3) is 22.3 Å². The van der Waals surface area contributed by atoms with Crippen LogP contribution < -0.4 is 14.4 Å². The van der Waals surface area contributed by atoms with E-state index in [2.05, 4.69) is 10.1 Å². The summed E-state index contributed by atoms with van der Waals surface area (Å²) in [7, 11) is 5.10. The van der Waals surface area contributed by atoms with E-state index in [1.165, 1.54) is 0 Å². The smallest absolute Gasteiger partial charge is 0.242 e. The van der Waals surface area contributed by atoms with E-state index < -0.39 is 0 Å². The maximum atomic E-state index is 13.2. The van der Waals surface area contributed by atoms with Crippen LogP contribution in [0.2, 0.25) is 0 Å². The zero-order chi connectivity index (χ0) is 24.4. The number of fused-ring (bicyclic) bond motifs is 1. The quantitative estimate of drug-likeness (QED) is 0.404. The fourth-order valence-corrected chi connectivity index (χ4v) is 4.34. The third kappa shape index (κ3) is 4.75. The van der Waals surface area contributed by atoms with Gasteiger partial charge >= 0.3 is 0 Å². The molecule has 0 unspecified atom stereocenters. The van der Waals surface area contributed by atoms with E-state index in [4.69, 9.17) is 14.5 Å². The van der Waals surface area contributed by atoms with E-state index in [0.29, 0.717) is 11.5 Å². The molecule has 0 spiro atoms. The lowest BCUT2D eigenvalue weighted by molar-refractivity contribution is -0.128. The van der Waals surface area contributed by atoms with Crippen molar-refractivity contribution in [1.29, 1.82) is 0 Å². The third-order valence-corrected chi connectivity index (χ3v) is 6.24. The van der Waals surface area contributed by atoms with Crippen molar-refractivity contribution in [3.63, 3.8) is 0 Å². The molecule has 9 nitrogen and oxygen atoms in total. The number of benzene rings is 2. The van der Waals surface area contributed by atoms with Crippen LogP contribution in [0, 0.1) is 0 Å². The maximum Gasteiger partial charge on any atom is 0.242 e. The summed E-state index contributed by atoms with van der Waals surface area (Å²) in [5.41, 5.74) is 4.77. The minimum atomic E-state index is 0.0829. The highest BCUT2D eigenvalue weighted by Gasteiger charge is 2.23. The van der Waals surface area contributed by atoms with E-state index >= 15 is 0 Å². The highest BCUT2D eigenvalue weighted by molar-refractivity contribution is 5.88. The summed E-state index contributed by atoms with van der Waals surface area (Å²) in [6.07, 6.45) is 7.51. The molecule has 0 radical (unpaired) electrons. The van der Waals surface area contributed by atoms with Crippen molar-refractivity contribution < 1.29 is 14.3 Å². The minimum Gasteiger partial charge on any atom is -0.497 e. The summed E-state index contributed by atoms with van der Waals surface area (Å²) < 4.78 is 12.7. The van der Waals surface area contributed by atoms with Gasteiger partial charge in [0.2, 0.25) is 5.91 Å². The summed E-state index contributed by atoms with van der Waals surface area (Å²) in [6, 6.07) is 11.5. The van der Waals surface area contributed by atoms with E-state index in [1.54, 1.807) is 31.3 Å². The molecule has 1 fully saturated rings. The molecule has 35 heavy (non-hydrogen) atoms. The van der Waals surface area contributed by atoms with E-state index in [0.717, 1.165) is 59.6 Å². The predicted octanol–water partition coefficient (Wildman–Crippen LogP) is 3.81. The summed E-state index contributed by atoms with van der Waals surface area (Å²) in [5, 5.41) is 4.24. The highest BCUT2D eigenvalue weighted by Crippen LogP contribution is 2.34. The lowest BCUT2D eigenvalue weighted by Gasteiger charge is -2.27. The van der Waals surface area contributed by atoms with Gasteiger partial charge in [-0.3, -0.25) is 14.5 Å². The van der Waals surface area contributed by atoms with Crippen molar-refractivity contribution in [2.24, 2.45) is 7.05 Å². The number of likely N-dealkylation sites (tertiary alicyclic amines) is 1. The van der Waals surface area contributed by atoms with Crippen molar-refractivity contribution in [3.8, 4) is 22.8 Å². The fraction of sp³-hybridized carbons (Fsp3) is 0.308. The topological polar surface area (TPSA) is 85.6 Å². The lowest BCUT2D eigenvalue weighted by Crippen LogP contribution is -2.37. The van der Waals surface area contributed by atoms with Gasteiger partial charge in [0.15, 0.2) is 0 Å². The second kappa shape index (κ2) is 9.61. The van der Waals surface area contributed by atoms with Gasteiger partial charge in [0.25, 0.3) is 0 Å². The zero-order valence-corrected chi connectivity index (χ0v) is 20.1. The average Bonchev–Trinajstić information content (AvgIpc) is 3.58. The second-order valence-electron chi connectivity index (χ2n) is 8.58. The molecule has 0 saturated carbocycles. The van der Waals surface area contributed by atoms with Crippen LogP contribution >= 0.6 is 0 Å². The van der Waals surface area contributed by atoms with Crippen LogP contribution in [0.3, 0.4) is 0 Å². The van der Waals surface area contributed by atoms with Gasteiger partial charge in [-0.05, 0) is 31.0 Å². The molecule has 0 aliphatic carbocycles. The molecule has 3 heterocycles. The Morgan fingerprint density at radius 3 is 2.37 bits per heavy atom. The van der Waals surface area contributed by atoms with Crippen LogP contribution in [0.1, 0.15) is 12.8 Å². The van der Waals surface area contributed by atoms with E-state index in [1.807, 2.05) is 59.4 Å². The van der Waals surface area contributed by atoms with Crippen molar-refractivity contribution in [2.75, 3.05) is 38.8 Å². The molecular formula is C26H28N6O3. The van der Waals surface area contributed by atoms with Gasteiger partial charge in [0.05, 0.1) is 43.3 Å². The van der Waals surface area contributed by atoms with Gasteiger partial charge in [-0.1, -0.05) is 0 Å². The molecule has 0 bridgehead atoms. The van der Waals surface area contributed by atoms with Gasteiger partial charge in [0.1, 0.15) is 18.0 Å². The third-order valence-electron chi connectivity index (χ3n) is 6.24. The number of rotatable bonds is 7. The SMILES string of the molecule is COc1cc(OC)cc(N(CC(=O)N2CCCC2)c2ccc3ncc(-c4cnn(C)c4)nc3c2)c1. The van der Waals surface area contributed by atoms with Gasteiger partial charge in [-0.15, -0.1) is 0 Å². The van der Waals surface area contributed by atoms with E-state index in [9.17, 15) is 4.79 Å². The molecule has 180 valence electrons. The van der Waals surface area contributed by atoms with Crippen LogP contribution in [0.5, 0.6) is 11.5 Å². The Hall–Kier alpha value is -4.14. The Kier molecular flexibility index (Phi) is 6.22. The first-order chi connectivity index (χ1) is 17.0. The Morgan fingerprint density at radius 2 is 1.71 bits per heavy atom. The van der Waals surface area contributed by atoms with Gasteiger partial charge < -0.3 is 19.3 Å². The second-order valence-corrected chi connectivity index (χ2v) is 8.58. The molecule has 9 heteroatoms. The van der Waals surface area contributed by atoms with Crippen LogP contribution in [-0.2, 0) is 11.8 Å². The number of ether oxygens (including phenoxy) is 2. The Morgan fingerprint density at radius 1 is 0.971 bits per heavy atom. The normalized spacial score (nSPS) is 13.3. The summed E-state index contributed by atoms with van der Waals surface area (Å²) in [5.74, 6) is 1.38. The minimum absolute atomic E-state index is 0.0829. The van der Waals surface area contributed by atoms with Crippen molar-refractivity contribution >= 4 is 28.3 Å². The molecule has 1 aliphatic rings. The maximum absolute atomic E-state index is 13.2. The zero-order valence-electron chi connectivity index (χ0n) is 20.1. The lowest BCUT2D eigenvalue weighted by atomic mass is 10.2. The average molecular weight is 473 g/mol. The van der Waals surface area contributed by atoms with Crippen molar-refractivity contribution in [2.45, 2.75) is 12.8 Å². The Balaban J connectivity index is 1.58. The summed E-state index contributed by atoms with van der Waals surface area (Å²) >= 11 is 0. The number of hydrogen-bond acceptors (Lipinski definition) is 7. The largest absolute Gasteiger partial charge is 0.497 e. The monoisotopic (exact) mass is 472 g/mol. The van der Waals surface area contributed by atoms with Crippen LogP contribution in [-0.4, -0.2) is 64.4 Å². The van der Waals surface area contributed by atoms with E-state index in [-0.39, 0.29) is 12.5 Å². The van der Waals surface area contributed by atoms with Crippen molar-refractivity contribution in [3.05, 3.63) is 55.0 Å². The van der Waals surface area contributed by atoms with Gasteiger partial charge in [-0.25, -0.2) is 4.98 Å². The number of methoxy groups -OCH3 is 2. The number of anilines is 2. The number of nitrogens with zero attached hydrogens (tertiary/aromatic N) is 6. The fourth-order valence-electron chi connectivity index (χ4n) is 4.34. The molecule has 2 aromatic heterocycles. The summed E-state index contributed by atoms with van der Waals surface area (Å²) in [4.78, 5) is 26.5. The predicted molar refractivity (Wildman–Crippen MR) is 134 cm³/mol. The molecule has 1 aliphatic heterocycles. The Bertz CT molecular complexity index is 1340. The van der Waals surface area contributed by atoms with Crippen LogP contribution in [0.4, 0.5) is 11.4 Å². The van der Waals surface area contributed by atoms with Crippen molar-refractivity contribution in [1.82, 2.24) is 24.6 Å². The standard InChI is InChI=1S/C26H28N6O3/c1-30-16-18(14-28-30)25-15-27-23-7-6-19(12-24(23)29-25)32(17-26(33)31-8-4-5-9-31)20-10-21(34-2)13-22(11-20)35-3/h6-7,10-16H,4-5,8-9,17H2,1-3H3. The number of aromatic nitrogens is 4. The Labute approximate surface area is 203 Å². The molecule has 2 aromatic carbocycles. The molecule has 1 saturated heterocycles. The molecule has 5 rings (SSSR count). The first kappa shape index (κ1) is 22.6. The van der Waals surface area contributed by atoms with Crippen LogP contribution in [0.15, 0.2) is 55.0 Å². The molecule has 0 N–H and O–H groups in total. The summed E-state index contributed by atoms with van der Waals surface area (Å²) in [6.45, 7) is 1.79. The molecule has 0 atom stereocenters.